The summed E-state index contributed by atoms with van der Waals surface area (Å²) in [6.45, 7) is 4.50. The molecule has 0 bridgehead atoms. The van der Waals surface area contributed by atoms with E-state index in [1.54, 1.807) is 6.07 Å². The molecule has 5 heteroatoms. The van der Waals surface area contributed by atoms with Crippen LogP contribution < -0.4 is 5.73 Å². The molecule has 2 N–H and O–H groups in total. The lowest BCUT2D eigenvalue weighted by molar-refractivity contribution is 0.493. The SMILES string of the molecule is CC1SCC(C(N)c2cc3cc(F)ccc3o2)SC1C. The molecular weight excluding hydrogens is 293 g/mol. The Balaban J connectivity index is 1.83. The van der Waals surface area contributed by atoms with Crippen molar-refractivity contribution in [3.63, 3.8) is 0 Å². The molecule has 4 unspecified atom stereocenters. The number of nitrogens with two attached hydrogens (primary N) is 1. The lowest BCUT2D eigenvalue weighted by Crippen LogP contribution is -2.33. The Hall–Kier alpha value is -0.650. The van der Waals surface area contributed by atoms with E-state index in [0.29, 0.717) is 21.3 Å². The molecule has 0 aliphatic carbocycles. The zero-order valence-electron chi connectivity index (χ0n) is 11.5. The molecule has 4 atom stereocenters. The highest BCUT2D eigenvalue weighted by Gasteiger charge is 2.31. The van der Waals surface area contributed by atoms with Gasteiger partial charge in [-0.3, -0.25) is 0 Å². The highest BCUT2D eigenvalue weighted by molar-refractivity contribution is 8.07. The largest absolute Gasteiger partial charge is 0.459 e. The van der Waals surface area contributed by atoms with Gasteiger partial charge >= 0.3 is 0 Å². The monoisotopic (exact) mass is 311 g/mol. The average molecular weight is 311 g/mol. The lowest BCUT2D eigenvalue weighted by atomic mass is 10.1. The molecule has 1 aliphatic rings. The van der Waals surface area contributed by atoms with E-state index in [0.717, 1.165) is 16.9 Å². The molecule has 2 heterocycles. The summed E-state index contributed by atoms with van der Waals surface area (Å²) in [5, 5.41) is 2.38. The predicted molar refractivity (Wildman–Crippen MR) is 85.9 cm³/mol. The van der Waals surface area contributed by atoms with Crippen LogP contribution in [0.25, 0.3) is 11.0 Å². The van der Waals surface area contributed by atoms with Crippen LogP contribution in [0, 0.1) is 5.82 Å². The van der Waals surface area contributed by atoms with Gasteiger partial charge in [0.05, 0.1) is 6.04 Å². The summed E-state index contributed by atoms with van der Waals surface area (Å²) in [5.74, 6) is 1.54. The van der Waals surface area contributed by atoms with E-state index in [1.165, 1.54) is 12.1 Å². The molecule has 108 valence electrons. The lowest BCUT2D eigenvalue weighted by Gasteiger charge is -2.33. The highest BCUT2D eigenvalue weighted by atomic mass is 32.2. The van der Waals surface area contributed by atoms with Crippen molar-refractivity contribution in [2.24, 2.45) is 5.73 Å². The topological polar surface area (TPSA) is 39.2 Å². The molecule has 20 heavy (non-hydrogen) atoms. The summed E-state index contributed by atoms with van der Waals surface area (Å²) < 4.78 is 19.0. The van der Waals surface area contributed by atoms with E-state index in [-0.39, 0.29) is 11.9 Å². The number of halogens is 1. The summed E-state index contributed by atoms with van der Waals surface area (Å²) in [7, 11) is 0. The molecule has 0 spiro atoms. The van der Waals surface area contributed by atoms with Gasteiger partial charge in [0.15, 0.2) is 0 Å². The van der Waals surface area contributed by atoms with E-state index in [1.807, 2.05) is 29.6 Å². The maximum absolute atomic E-state index is 13.2. The van der Waals surface area contributed by atoms with Gasteiger partial charge in [0, 0.05) is 26.9 Å². The molecule has 1 fully saturated rings. The van der Waals surface area contributed by atoms with Gasteiger partial charge in [-0.05, 0) is 24.3 Å². The fraction of sp³-hybridized carbons (Fsp3) is 0.467. The third-order valence-electron chi connectivity index (χ3n) is 3.80. The molecule has 0 radical (unpaired) electrons. The fourth-order valence-electron chi connectivity index (χ4n) is 2.38. The number of fused-ring (bicyclic) bond motifs is 1. The quantitative estimate of drug-likeness (QED) is 0.902. The Labute approximate surface area is 126 Å². The van der Waals surface area contributed by atoms with Crippen LogP contribution in [0.1, 0.15) is 25.6 Å². The molecule has 2 aromatic rings. The van der Waals surface area contributed by atoms with Crippen LogP contribution in [0.5, 0.6) is 0 Å². The zero-order valence-corrected chi connectivity index (χ0v) is 13.1. The molecule has 1 saturated heterocycles. The van der Waals surface area contributed by atoms with Gasteiger partial charge in [0.25, 0.3) is 0 Å². The van der Waals surface area contributed by atoms with Crippen LogP contribution in [0.15, 0.2) is 28.7 Å². The van der Waals surface area contributed by atoms with Crippen molar-refractivity contribution in [2.75, 3.05) is 5.75 Å². The summed E-state index contributed by atoms with van der Waals surface area (Å²) in [6.07, 6.45) is 0. The second kappa shape index (κ2) is 5.62. The Morgan fingerprint density at radius 3 is 2.85 bits per heavy atom. The highest BCUT2D eigenvalue weighted by Crippen LogP contribution is 2.41. The van der Waals surface area contributed by atoms with Crippen molar-refractivity contribution < 1.29 is 8.81 Å². The smallest absolute Gasteiger partial charge is 0.134 e. The molecule has 1 aromatic carbocycles. The van der Waals surface area contributed by atoms with E-state index in [9.17, 15) is 4.39 Å². The van der Waals surface area contributed by atoms with E-state index in [2.05, 4.69) is 13.8 Å². The molecule has 1 aromatic heterocycles. The van der Waals surface area contributed by atoms with E-state index >= 15 is 0 Å². The Morgan fingerprint density at radius 2 is 2.10 bits per heavy atom. The number of hydrogen-bond acceptors (Lipinski definition) is 4. The van der Waals surface area contributed by atoms with Gasteiger partial charge in [-0.1, -0.05) is 13.8 Å². The minimum Gasteiger partial charge on any atom is -0.459 e. The number of benzene rings is 1. The summed E-state index contributed by atoms with van der Waals surface area (Å²) in [5.41, 5.74) is 7.06. The maximum atomic E-state index is 13.2. The number of thioether (sulfide) groups is 2. The number of rotatable bonds is 2. The summed E-state index contributed by atoms with van der Waals surface area (Å²) >= 11 is 3.89. The number of hydrogen-bond donors (Lipinski definition) is 1. The van der Waals surface area contributed by atoms with Crippen molar-refractivity contribution in [3.05, 3.63) is 35.8 Å². The standard InChI is InChI=1S/C15H18FNOS2/c1-8-9(2)20-14(7-19-8)15(17)13-6-10-5-11(16)3-4-12(10)18-13/h3-6,8-9,14-15H,7,17H2,1-2H3. The normalized spacial score (nSPS) is 28.7. The Bertz CT molecular complexity index is 615. The number of furan rings is 1. The van der Waals surface area contributed by atoms with Crippen molar-refractivity contribution >= 4 is 34.5 Å². The van der Waals surface area contributed by atoms with E-state index < -0.39 is 0 Å². The first-order chi connectivity index (χ1) is 9.54. The molecule has 0 amide bonds. The van der Waals surface area contributed by atoms with E-state index in [4.69, 9.17) is 10.2 Å². The zero-order chi connectivity index (χ0) is 14.3. The third kappa shape index (κ3) is 2.71. The minimum atomic E-state index is -0.247. The second-order valence-corrected chi connectivity index (χ2v) is 8.31. The first kappa shape index (κ1) is 14.3. The van der Waals surface area contributed by atoms with Gasteiger partial charge in [0.1, 0.15) is 17.2 Å². The average Bonchev–Trinajstić information content (AvgIpc) is 2.84. The van der Waals surface area contributed by atoms with Crippen molar-refractivity contribution in [1.82, 2.24) is 0 Å². The Kier molecular flexibility index (Phi) is 4.02. The van der Waals surface area contributed by atoms with Crippen molar-refractivity contribution in [3.8, 4) is 0 Å². The summed E-state index contributed by atoms with van der Waals surface area (Å²) in [6, 6.07) is 6.29. The van der Waals surface area contributed by atoms with Crippen LogP contribution in [0.2, 0.25) is 0 Å². The fourth-order valence-corrected chi connectivity index (χ4v) is 5.40. The van der Waals surface area contributed by atoms with Crippen molar-refractivity contribution in [2.45, 2.75) is 35.6 Å². The van der Waals surface area contributed by atoms with Gasteiger partial charge in [0.2, 0.25) is 0 Å². The van der Waals surface area contributed by atoms with Gasteiger partial charge in [-0.25, -0.2) is 4.39 Å². The van der Waals surface area contributed by atoms with Crippen LogP contribution >= 0.6 is 23.5 Å². The second-order valence-electron chi connectivity index (χ2n) is 5.27. The van der Waals surface area contributed by atoms with Crippen LogP contribution in [0.4, 0.5) is 4.39 Å². The van der Waals surface area contributed by atoms with Crippen LogP contribution in [-0.2, 0) is 0 Å². The minimum absolute atomic E-state index is 0.141. The van der Waals surface area contributed by atoms with Crippen LogP contribution in [-0.4, -0.2) is 21.5 Å². The Morgan fingerprint density at radius 1 is 1.30 bits per heavy atom. The molecule has 1 aliphatic heterocycles. The van der Waals surface area contributed by atoms with Gasteiger partial charge < -0.3 is 10.2 Å². The first-order valence-electron chi connectivity index (χ1n) is 6.76. The third-order valence-corrected chi connectivity index (χ3v) is 7.32. The molecule has 3 rings (SSSR count). The maximum Gasteiger partial charge on any atom is 0.134 e. The molecule has 2 nitrogen and oxygen atoms in total. The molecular formula is C15H18FNOS2. The molecule has 0 saturated carbocycles. The first-order valence-corrected chi connectivity index (χ1v) is 8.75. The van der Waals surface area contributed by atoms with Gasteiger partial charge in [-0.2, -0.15) is 23.5 Å². The predicted octanol–water partition coefficient (Wildman–Crippen LogP) is 4.20. The van der Waals surface area contributed by atoms with Crippen LogP contribution in [0.3, 0.4) is 0 Å². The van der Waals surface area contributed by atoms with Crippen molar-refractivity contribution in [1.29, 1.82) is 0 Å². The van der Waals surface area contributed by atoms with Gasteiger partial charge in [-0.15, -0.1) is 0 Å². The summed E-state index contributed by atoms with van der Waals surface area (Å²) in [4.78, 5) is 0.